The summed E-state index contributed by atoms with van der Waals surface area (Å²) < 4.78 is 65.6. The molecule has 1 N–H and O–H groups in total. The van der Waals surface area contributed by atoms with Gasteiger partial charge in [-0.2, -0.15) is 17.6 Å². The molecule has 3 aromatic heterocycles. The van der Waals surface area contributed by atoms with E-state index in [-0.39, 0.29) is 17.8 Å². The van der Waals surface area contributed by atoms with E-state index in [0.29, 0.717) is 24.1 Å². The highest BCUT2D eigenvalue weighted by atomic mass is 32.2. The number of H-pyrrole nitrogens is 1. The summed E-state index contributed by atoms with van der Waals surface area (Å²) in [5, 5.41) is 8.54. The van der Waals surface area contributed by atoms with Crippen LogP contribution < -0.4 is 0 Å². The molecular weight excluding hydrogens is 409 g/mol. The van der Waals surface area contributed by atoms with Crippen molar-refractivity contribution >= 4 is 33.0 Å². The van der Waals surface area contributed by atoms with Gasteiger partial charge in [-0.25, -0.2) is 13.4 Å². The minimum absolute atomic E-state index is 0.0164. The molecular formula is C17H19F3N6O2S. The zero-order valence-electron chi connectivity index (χ0n) is 15.5. The number of aromatic nitrogens is 5. The van der Waals surface area contributed by atoms with Crippen LogP contribution in [0, 0.1) is 11.8 Å². The lowest BCUT2D eigenvalue weighted by atomic mass is 9.93. The Kier molecular flexibility index (Phi) is 4.83. The van der Waals surface area contributed by atoms with Crippen LogP contribution in [0.5, 0.6) is 0 Å². The van der Waals surface area contributed by atoms with Gasteiger partial charge in [-0.1, -0.05) is 13.3 Å². The average molecular weight is 428 g/mol. The molecule has 12 heteroatoms. The fourth-order valence-corrected chi connectivity index (χ4v) is 4.96. The molecule has 0 aromatic carbocycles. The standard InChI is InChI=1S/C17H19F3N6O2S/c1-2-11-5-10(7-23-29(27,28)9-17(18,19)20)6-12(11)16-25-24-14-8-22-15-13(26(14)16)3-4-21-15/h3-4,7-8,10-12,21H,2,5-6,9H2,1H3/t10?,11-,12+/m1/s1. The summed E-state index contributed by atoms with van der Waals surface area (Å²) in [4.78, 5) is 7.33. The van der Waals surface area contributed by atoms with Gasteiger partial charge in [-0.05, 0) is 30.7 Å². The van der Waals surface area contributed by atoms with Crippen LogP contribution in [0.25, 0.3) is 16.8 Å². The fourth-order valence-electron chi connectivity index (χ4n) is 4.12. The molecule has 4 rings (SSSR count). The van der Waals surface area contributed by atoms with E-state index in [0.717, 1.165) is 24.0 Å². The molecule has 3 heterocycles. The topological polar surface area (TPSA) is 105 Å². The molecule has 1 fully saturated rings. The highest BCUT2D eigenvalue weighted by molar-refractivity contribution is 7.90. The maximum atomic E-state index is 12.4. The van der Waals surface area contributed by atoms with E-state index in [4.69, 9.17) is 0 Å². The molecule has 0 spiro atoms. The van der Waals surface area contributed by atoms with Crippen LogP contribution in [-0.4, -0.2) is 51.1 Å². The number of fused-ring (bicyclic) bond motifs is 3. The smallest absolute Gasteiger partial charge is 0.345 e. The Balaban J connectivity index is 1.62. The van der Waals surface area contributed by atoms with Crippen molar-refractivity contribution < 1.29 is 21.6 Å². The Morgan fingerprint density at radius 3 is 2.86 bits per heavy atom. The Hall–Kier alpha value is -2.50. The first-order valence-electron chi connectivity index (χ1n) is 9.19. The zero-order valence-corrected chi connectivity index (χ0v) is 16.3. The van der Waals surface area contributed by atoms with E-state index in [1.54, 1.807) is 12.4 Å². The van der Waals surface area contributed by atoms with Gasteiger partial charge in [0.1, 0.15) is 5.82 Å². The van der Waals surface area contributed by atoms with Crippen molar-refractivity contribution in [2.75, 3.05) is 5.75 Å². The first kappa shape index (κ1) is 19.8. The van der Waals surface area contributed by atoms with Gasteiger partial charge in [0.05, 0.1) is 11.7 Å². The maximum Gasteiger partial charge on any atom is 0.404 e. The van der Waals surface area contributed by atoms with Crippen LogP contribution in [0.1, 0.15) is 37.9 Å². The van der Waals surface area contributed by atoms with Crippen molar-refractivity contribution in [2.24, 2.45) is 16.2 Å². The van der Waals surface area contributed by atoms with Crippen LogP contribution >= 0.6 is 0 Å². The number of sulfonamides is 1. The Labute approximate surface area is 164 Å². The van der Waals surface area contributed by atoms with Gasteiger partial charge in [-0.15, -0.1) is 10.2 Å². The number of rotatable bonds is 5. The number of nitrogens with one attached hydrogen (secondary N) is 1. The van der Waals surface area contributed by atoms with Crippen LogP contribution in [0.2, 0.25) is 0 Å². The van der Waals surface area contributed by atoms with Crippen molar-refractivity contribution in [2.45, 2.75) is 38.3 Å². The van der Waals surface area contributed by atoms with Crippen molar-refractivity contribution in [1.82, 2.24) is 24.6 Å². The first-order valence-corrected chi connectivity index (χ1v) is 10.8. The van der Waals surface area contributed by atoms with Gasteiger partial charge in [-0.3, -0.25) is 4.40 Å². The van der Waals surface area contributed by atoms with E-state index < -0.39 is 22.0 Å². The predicted octanol–water partition coefficient (Wildman–Crippen LogP) is 3.09. The molecule has 8 nitrogen and oxygen atoms in total. The van der Waals surface area contributed by atoms with Crippen LogP contribution in [0.15, 0.2) is 22.9 Å². The largest absolute Gasteiger partial charge is 0.404 e. The minimum Gasteiger partial charge on any atom is -0.345 e. The third-order valence-corrected chi connectivity index (χ3v) is 6.47. The molecule has 3 aromatic rings. The van der Waals surface area contributed by atoms with Crippen molar-refractivity contribution in [3.8, 4) is 0 Å². The molecule has 1 saturated carbocycles. The fraction of sp³-hybridized carbons (Fsp3) is 0.529. The monoisotopic (exact) mass is 428 g/mol. The molecule has 0 aliphatic heterocycles. The van der Waals surface area contributed by atoms with Gasteiger partial charge >= 0.3 is 6.18 Å². The van der Waals surface area contributed by atoms with Gasteiger partial charge in [0.25, 0.3) is 10.0 Å². The summed E-state index contributed by atoms with van der Waals surface area (Å²) >= 11 is 0. The van der Waals surface area contributed by atoms with Crippen molar-refractivity contribution in [1.29, 1.82) is 0 Å². The Morgan fingerprint density at radius 2 is 2.14 bits per heavy atom. The second-order valence-corrected chi connectivity index (χ2v) is 8.99. The van der Waals surface area contributed by atoms with E-state index in [2.05, 4.69) is 24.6 Å². The van der Waals surface area contributed by atoms with Crippen molar-refractivity contribution in [3.63, 3.8) is 0 Å². The predicted molar refractivity (Wildman–Crippen MR) is 100 cm³/mol. The summed E-state index contributed by atoms with van der Waals surface area (Å²) in [6.07, 6.45) is 1.72. The van der Waals surface area contributed by atoms with Gasteiger partial charge in [0.2, 0.25) is 0 Å². The lowest BCUT2D eigenvalue weighted by Crippen LogP contribution is -2.21. The van der Waals surface area contributed by atoms with Gasteiger partial charge in [0, 0.05) is 18.3 Å². The summed E-state index contributed by atoms with van der Waals surface area (Å²) in [6, 6.07) is 1.88. The first-order chi connectivity index (χ1) is 13.7. The number of halogens is 3. The molecule has 0 bridgehead atoms. The number of nitrogens with zero attached hydrogens (tertiary/aromatic N) is 5. The summed E-state index contributed by atoms with van der Waals surface area (Å²) in [6.45, 7) is 2.02. The number of aromatic amines is 1. The summed E-state index contributed by atoms with van der Waals surface area (Å²) in [5.41, 5.74) is 2.13. The second kappa shape index (κ2) is 7.08. The normalized spacial score (nSPS) is 23.7. The zero-order chi connectivity index (χ0) is 20.8. The highest BCUT2D eigenvalue weighted by Crippen LogP contribution is 2.44. The lowest BCUT2D eigenvalue weighted by molar-refractivity contribution is -0.106. The Bertz CT molecular complexity index is 1170. The molecule has 0 radical (unpaired) electrons. The molecule has 0 amide bonds. The van der Waals surface area contributed by atoms with E-state index >= 15 is 0 Å². The molecule has 3 atom stereocenters. The minimum atomic E-state index is -4.81. The van der Waals surface area contributed by atoms with Crippen molar-refractivity contribution in [3.05, 3.63) is 24.3 Å². The second-order valence-electron chi connectivity index (χ2n) is 7.32. The summed E-state index contributed by atoms with van der Waals surface area (Å²) in [5.74, 6) is -1.28. The third-order valence-electron chi connectivity index (χ3n) is 5.33. The van der Waals surface area contributed by atoms with Crippen LogP contribution in [0.3, 0.4) is 0 Å². The average Bonchev–Trinajstić information content (AvgIpc) is 3.33. The maximum absolute atomic E-state index is 12.4. The summed E-state index contributed by atoms with van der Waals surface area (Å²) in [7, 11) is -4.58. The SMILES string of the molecule is CC[C@@H]1CC(C=NS(=O)(=O)CC(F)(F)F)C[C@@H]1c1nnc2cnc3[nH]ccc3n12. The molecule has 1 aliphatic rings. The molecule has 1 unspecified atom stereocenters. The highest BCUT2D eigenvalue weighted by Gasteiger charge is 2.38. The molecule has 156 valence electrons. The van der Waals surface area contributed by atoms with E-state index in [9.17, 15) is 21.6 Å². The number of hydrogen-bond acceptors (Lipinski definition) is 5. The quantitative estimate of drug-likeness (QED) is 0.629. The van der Waals surface area contributed by atoms with Gasteiger partial charge in [0.15, 0.2) is 17.0 Å². The van der Waals surface area contributed by atoms with E-state index in [1.165, 1.54) is 0 Å². The molecule has 0 saturated heterocycles. The molecule has 29 heavy (non-hydrogen) atoms. The number of alkyl halides is 3. The van der Waals surface area contributed by atoms with Crippen LogP contribution in [-0.2, 0) is 10.0 Å². The number of hydrogen-bond donors (Lipinski definition) is 1. The van der Waals surface area contributed by atoms with Gasteiger partial charge < -0.3 is 4.98 Å². The van der Waals surface area contributed by atoms with E-state index in [1.807, 2.05) is 17.4 Å². The lowest BCUT2D eigenvalue weighted by Gasteiger charge is -2.16. The Morgan fingerprint density at radius 1 is 1.34 bits per heavy atom. The third kappa shape index (κ3) is 3.98. The molecule has 1 aliphatic carbocycles. The van der Waals surface area contributed by atoms with Crippen LogP contribution in [0.4, 0.5) is 13.2 Å².